The van der Waals surface area contributed by atoms with Crippen LogP contribution in [0.2, 0.25) is 0 Å². The molecule has 0 amide bonds. The molecule has 0 bridgehead atoms. The molecular weight excluding hydrogens is 272 g/mol. The number of nitrogens with two attached hydrogens (primary N) is 1. The van der Waals surface area contributed by atoms with Crippen LogP contribution in [-0.2, 0) is 12.8 Å². The molecule has 0 fully saturated rings. The summed E-state index contributed by atoms with van der Waals surface area (Å²) in [6.45, 7) is 8.68. The van der Waals surface area contributed by atoms with Gasteiger partial charge in [0, 0.05) is 17.3 Å². The maximum absolute atomic E-state index is 6.43. The Bertz CT molecular complexity index is 615. The molecule has 2 aromatic rings. The van der Waals surface area contributed by atoms with Crippen LogP contribution in [0.15, 0.2) is 6.07 Å². The van der Waals surface area contributed by atoms with Crippen LogP contribution in [0.25, 0.3) is 5.65 Å². The van der Waals surface area contributed by atoms with Gasteiger partial charge in [0.1, 0.15) is 5.82 Å². The molecule has 0 aliphatic rings. The molecule has 0 aromatic carbocycles. The Morgan fingerprint density at radius 2 is 2.00 bits per heavy atom. The molecule has 4 nitrogen and oxygen atoms in total. The molecule has 0 radical (unpaired) electrons. The van der Waals surface area contributed by atoms with E-state index in [0.717, 1.165) is 35.7 Å². The fraction of sp³-hybridized carbons (Fsp3) is 0.667. The lowest BCUT2D eigenvalue weighted by molar-refractivity contribution is 0.441. The van der Waals surface area contributed by atoms with Gasteiger partial charge < -0.3 is 5.73 Å². The Hall–Kier alpha value is -1.58. The number of unbranched alkanes of at least 4 members (excludes halogenated alkanes) is 2. The van der Waals surface area contributed by atoms with Crippen molar-refractivity contribution in [3.05, 3.63) is 23.0 Å². The van der Waals surface area contributed by atoms with Gasteiger partial charge in [-0.15, -0.1) is 0 Å². The molecule has 0 aliphatic heterocycles. The van der Waals surface area contributed by atoms with E-state index < -0.39 is 0 Å². The van der Waals surface area contributed by atoms with E-state index in [1.54, 1.807) is 0 Å². The molecule has 122 valence electrons. The molecule has 0 saturated heterocycles. The third-order valence-corrected chi connectivity index (χ3v) is 4.57. The lowest BCUT2D eigenvalue weighted by atomic mass is 9.90. The van der Waals surface area contributed by atoms with Gasteiger partial charge in [-0.25, -0.2) is 4.98 Å². The average molecular weight is 302 g/mol. The third-order valence-electron chi connectivity index (χ3n) is 4.57. The van der Waals surface area contributed by atoms with Crippen molar-refractivity contribution in [1.29, 1.82) is 0 Å². The fourth-order valence-corrected chi connectivity index (χ4v) is 3.16. The normalized spacial score (nSPS) is 12.9. The number of aromatic nitrogens is 3. The highest BCUT2D eigenvalue weighted by Gasteiger charge is 2.17. The first-order valence-electron chi connectivity index (χ1n) is 8.74. The van der Waals surface area contributed by atoms with E-state index in [1.807, 2.05) is 17.5 Å². The summed E-state index contributed by atoms with van der Waals surface area (Å²) in [6, 6.07) is 2.00. The molecule has 2 rings (SSSR count). The highest BCUT2D eigenvalue weighted by Crippen LogP contribution is 2.26. The fourth-order valence-electron chi connectivity index (χ4n) is 3.16. The summed E-state index contributed by atoms with van der Waals surface area (Å²) < 4.78 is 1.81. The quantitative estimate of drug-likeness (QED) is 0.738. The predicted molar refractivity (Wildman–Crippen MR) is 93.1 cm³/mol. The summed E-state index contributed by atoms with van der Waals surface area (Å²) in [5.41, 5.74) is 10.6. The second-order valence-corrected chi connectivity index (χ2v) is 6.31. The topological polar surface area (TPSA) is 56.2 Å². The van der Waals surface area contributed by atoms with Gasteiger partial charge in [-0.3, -0.25) is 0 Å². The number of rotatable bonds is 8. The Morgan fingerprint density at radius 3 is 2.64 bits per heavy atom. The summed E-state index contributed by atoms with van der Waals surface area (Å²) in [7, 11) is 0. The van der Waals surface area contributed by atoms with Crippen LogP contribution in [0.5, 0.6) is 0 Å². The number of aryl methyl sites for hydroxylation is 2. The minimum Gasteiger partial charge on any atom is -0.383 e. The van der Waals surface area contributed by atoms with E-state index in [4.69, 9.17) is 10.7 Å². The van der Waals surface area contributed by atoms with Crippen LogP contribution in [-0.4, -0.2) is 14.6 Å². The average Bonchev–Trinajstić information content (AvgIpc) is 2.89. The van der Waals surface area contributed by atoms with Crippen LogP contribution >= 0.6 is 0 Å². The molecule has 1 unspecified atom stereocenters. The van der Waals surface area contributed by atoms with Crippen molar-refractivity contribution in [3.63, 3.8) is 0 Å². The molecule has 2 N–H and O–H groups in total. The molecule has 0 spiro atoms. The van der Waals surface area contributed by atoms with Crippen LogP contribution in [0, 0.1) is 12.8 Å². The van der Waals surface area contributed by atoms with Crippen molar-refractivity contribution in [2.45, 2.75) is 72.6 Å². The molecule has 4 heteroatoms. The first kappa shape index (κ1) is 16.8. The summed E-state index contributed by atoms with van der Waals surface area (Å²) in [4.78, 5) is 4.78. The number of nitrogen functional groups attached to an aromatic ring is 1. The van der Waals surface area contributed by atoms with E-state index in [-0.39, 0.29) is 0 Å². The van der Waals surface area contributed by atoms with Gasteiger partial charge in [0.2, 0.25) is 0 Å². The summed E-state index contributed by atoms with van der Waals surface area (Å²) >= 11 is 0. The van der Waals surface area contributed by atoms with Crippen molar-refractivity contribution >= 4 is 11.5 Å². The van der Waals surface area contributed by atoms with E-state index in [9.17, 15) is 0 Å². The second kappa shape index (κ2) is 7.61. The Balaban J connectivity index is 2.29. The smallest absolute Gasteiger partial charge is 0.157 e. The number of anilines is 1. The third kappa shape index (κ3) is 3.60. The van der Waals surface area contributed by atoms with Gasteiger partial charge in [0.05, 0.1) is 5.69 Å². The summed E-state index contributed by atoms with van der Waals surface area (Å²) in [5, 5.41) is 4.49. The monoisotopic (exact) mass is 302 g/mol. The highest BCUT2D eigenvalue weighted by atomic mass is 15.3. The minimum atomic E-state index is 0.690. The zero-order valence-corrected chi connectivity index (χ0v) is 14.5. The SMILES string of the molecule is CCCCCC(CC)Cc1c(CC)nc2cc(C)nn2c1N. The Labute approximate surface area is 134 Å². The van der Waals surface area contributed by atoms with Crippen molar-refractivity contribution in [1.82, 2.24) is 14.6 Å². The van der Waals surface area contributed by atoms with Gasteiger partial charge in [0.15, 0.2) is 5.65 Å². The molecular formula is C18H30N4. The maximum atomic E-state index is 6.43. The van der Waals surface area contributed by atoms with Gasteiger partial charge >= 0.3 is 0 Å². The minimum absolute atomic E-state index is 0.690. The number of hydrogen-bond acceptors (Lipinski definition) is 3. The molecule has 1 atom stereocenters. The Morgan fingerprint density at radius 1 is 1.23 bits per heavy atom. The molecule has 2 aromatic heterocycles. The number of nitrogens with zero attached hydrogens (tertiary/aromatic N) is 3. The molecule has 0 saturated carbocycles. The van der Waals surface area contributed by atoms with Gasteiger partial charge in [-0.2, -0.15) is 9.61 Å². The van der Waals surface area contributed by atoms with Crippen molar-refractivity contribution < 1.29 is 0 Å². The first-order valence-corrected chi connectivity index (χ1v) is 8.74. The Kier molecular flexibility index (Phi) is 5.81. The largest absolute Gasteiger partial charge is 0.383 e. The van der Waals surface area contributed by atoms with Crippen LogP contribution in [0.3, 0.4) is 0 Å². The van der Waals surface area contributed by atoms with Crippen LogP contribution in [0.1, 0.15) is 69.8 Å². The number of hydrogen-bond donors (Lipinski definition) is 1. The lowest BCUT2D eigenvalue weighted by Gasteiger charge is -2.18. The first-order chi connectivity index (χ1) is 10.6. The van der Waals surface area contributed by atoms with Gasteiger partial charge in [-0.1, -0.05) is 52.9 Å². The summed E-state index contributed by atoms with van der Waals surface area (Å²) in [5.74, 6) is 1.47. The predicted octanol–water partition coefficient (Wildman–Crippen LogP) is 4.33. The molecule has 2 heterocycles. The van der Waals surface area contributed by atoms with Crippen molar-refractivity contribution in [2.24, 2.45) is 5.92 Å². The van der Waals surface area contributed by atoms with Crippen LogP contribution < -0.4 is 5.73 Å². The maximum Gasteiger partial charge on any atom is 0.157 e. The van der Waals surface area contributed by atoms with Crippen molar-refractivity contribution in [3.8, 4) is 0 Å². The summed E-state index contributed by atoms with van der Waals surface area (Å²) in [6.07, 6.45) is 8.34. The van der Waals surface area contributed by atoms with E-state index in [1.165, 1.54) is 37.7 Å². The van der Waals surface area contributed by atoms with E-state index in [0.29, 0.717) is 5.92 Å². The standard InChI is InChI=1S/C18H30N4/c1-5-8-9-10-14(6-2)12-15-16(7-3)20-17-11-13(4)21-22(17)18(15)19/h11,14H,5-10,12,19H2,1-4H3. The highest BCUT2D eigenvalue weighted by molar-refractivity contribution is 5.53. The van der Waals surface area contributed by atoms with Gasteiger partial charge in [0.25, 0.3) is 0 Å². The van der Waals surface area contributed by atoms with E-state index in [2.05, 4.69) is 25.9 Å². The second-order valence-electron chi connectivity index (χ2n) is 6.31. The van der Waals surface area contributed by atoms with Crippen LogP contribution in [0.4, 0.5) is 5.82 Å². The zero-order valence-electron chi connectivity index (χ0n) is 14.5. The molecule has 0 aliphatic carbocycles. The molecule has 22 heavy (non-hydrogen) atoms. The van der Waals surface area contributed by atoms with Crippen molar-refractivity contribution in [2.75, 3.05) is 5.73 Å². The lowest BCUT2D eigenvalue weighted by Crippen LogP contribution is -2.13. The van der Waals surface area contributed by atoms with E-state index >= 15 is 0 Å². The zero-order chi connectivity index (χ0) is 16.1. The number of fused-ring (bicyclic) bond motifs is 1. The van der Waals surface area contributed by atoms with Gasteiger partial charge in [-0.05, 0) is 25.7 Å².